The molecule has 2 aromatic rings. The summed E-state index contributed by atoms with van der Waals surface area (Å²) >= 11 is 5.83. The number of nitrogens with two attached hydrogens (primary N) is 1. The van der Waals surface area contributed by atoms with Gasteiger partial charge in [0, 0.05) is 24.8 Å². The van der Waals surface area contributed by atoms with Gasteiger partial charge in [0.1, 0.15) is 5.84 Å². The Balaban J connectivity index is 2.07. The van der Waals surface area contributed by atoms with Gasteiger partial charge in [-0.25, -0.2) is 4.99 Å². The first-order chi connectivity index (χ1) is 10.0. The Morgan fingerprint density at radius 2 is 1.67 bits per heavy atom. The molecule has 0 unspecified atom stereocenters. The van der Waals surface area contributed by atoms with Crippen molar-refractivity contribution < 1.29 is 0 Å². The molecule has 2 rings (SSSR count). The third-order valence-corrected chi connectivity index (χ3v) is 3.19. The lowest BCUT2D eigenvalue weighted by molar-refractivity contribution is 1.13. The van der Waals surface area contributed by atoms with Crippen molar-refractivity contribution in [2.24, 2.45) is 10.7 Å². The van der Waals surface area contributed by atoms with Crippen LogP contribution >= 0.6 is 11.6 Å². The molecular weight excluding hydrogens is 282 g/mol. The summed E-state index contributed by atoms with van der Waals surface area (Å²) in [4.78, 5) is 6.36. The van der Waals surface area contributed by atoms with Crippen LogP contribution in [0.2, 0.25) is 5.02 Å². The Morgan fingerprint density at radius 3 is 2.24 bits per heavy atom. The molecule has 0 saturated carbocycles. The maximum atomic E-state index is 5.89. The maximum Gasteiger partial charge on any atom is 0.124 e. The van der Waals surface area contributed by atoms with Crippen molar-refractivity contribution in [1.29, 1.82) is 0 Å². The van der Waals surface area contributed by atoms with Gasteiger partial charge in [-0.05, 0) is 48.0 Å². The van der Waals surface area contributed by atoms with Gasteiger partial charge in [0.15, 0.2) is 0 Å². The average Bonchev–Trinajstić information content (AvgIpc) is 2.48. The summed E-state index contributed by atoms with van der Waals surface area (Å²) in [5.74, 6) is 0.453. The van der Waals surface area contributed by atoms with Crippen molar-refractivity contribution >= 4 is 34.9 Å². The van der Waals surface area contributed by atoms with Crippen molar-refractivity contribution in [2.45, 2.75) is 0 Å². The third-order valence-electron chi connectivity index (χ3n) is 2.94. The first-order valence-corrected chi connectivity index (χ1v) is 6.97. The number of benzene rings is 2. The monoisotopic (exact) mass is 299 g/mol. The first-order valence-electron chi connectivity index (χ1n) is 6.60. The van der Waals surface area contributed by atoms with Gasteiger partial charge in [-0.15, -0.1) is 0 Å². The summed E-state index contributed by atoms with van der Waals surface area (Å²) in [6, 6.07) is 15.4. The van der Waals surface area contributed by atoms with E-state index in [2.05, 4.69) is 22.0 Å². The van der Waals surface area contributed by atoms with E-state index in [4.69, 9.17) is 17.3 Å². The molecule has 0 spiro atoms. The van der Waals surface area contributed by atoms with Crippen LogP contribution < -0.4 is 10.6 Å². The largest absolute Gasteiger partial charge is 0.384 e. The van der Waals surface area contributed by atoms with Gasteiger partial charge in [0.2, 0.25) is 0 Å². The van der Waals surface area contributed by atoms with E-state index in [0.29, 0.717) is 10.9 Å². The molecule has 2 N–H and O–H groups in total. The lowest BCUT2D eigenvalue weighted by Gasteiger charge is -2.11. The third kappa shape index (κ3) is 4.65. The molecule has 21 heavy (non-hydrogen) atoms. The van der Waals surface area contributed by atoms with Gasteiger partial charge in [-0.3, -0.25) is 0 Å². The van der Waals surface area contributed by atoms with Crippen LogP contribution in [-0.2, 0) is 0 Å². The van der Waals surface area contributed by atoms with Crippen molar-refractivity contribution in [3.05, 3.63) is 65.2 Å². The van der Waals surface area contributed by atoms with E-state index < -0.39 is 0 Å². The van der Waals surface area contributed by atoms with Crippen LogP contribution in [0.3, 0.4) is 0 Å². The molecule has 3 nitrogen and oxygen atoms in total. The molecule has 0 fully saturated rings. The van der Waals surface area contributed by atoms with E-state index in [9.17, 15) is 0 Å². The molecule has 0 amide bonds. The number of aliphatic imine (C=N–C) groups is 1. The number of hydrogen-bond donors (Lipinski definition) is 1. The Kier molecular flexibility index (Phi) is 5.01. The molecule has 0 aliphatic carbocycles. The zero-order chi connectivity index (χ0) is 15.2. The SMILES string of the molecule is CN(C)c1ccc(C=CC(N)=Nc2ccc(Cl)cc2)cc1. The fraction of sp³-hybridized carbons (Fsp3) is 0.118. The second-order valence-electron chi connectivity index (χ2n) is 4.83. The van der Waals surface area contributed by atoms with Crippen LogP contribution in [0.25, 0.3) is 6.08 Å². The predicted octanol–water partition coefficient (Wildman–Crippen LogP) is 4.11. The number of anilines is 1. The van der Waals surface area contributed by atoms with Crippen molar-refractivity contribution in [2.75, 3.05) is 19.0 Å². The zero-order valence-corrected chi connectivity index (χ0v) is 12.9. The van der Waals surface area contributed by atoms with Crippen LogP contribution in [0.15, 0.2) is 59.6 Å². The molecule has 0 aromatic heterocycles. The molecule has 0 heterocycles. The molecule has 2 aromatic carbocycles. The van der Waals surface area contributed by atoms with E-state index >= 15 is 0 Å². The Labute approximate surface area is 130 Å². The van der Waals surface area contributed by atoms with Crippen LogP contribution in [0.1, 0.15) is 5.56 Å². The van der Waals surface area contributed by atoms with Gasteiger partial charge < -0.3 is 10.6 Å². The molecular formula is C17H18ClN3. The van der Waals surface area contributed by atoms with Crippen LogP contribution in [0.5, 0.6) is 0 Å². The Hall–Kier alpha value is -2.26. The van der Waals surface area contributed by atoms with Gasteiger partial charge in [-0.2, -0.15) is 0 Å². The first kappa shape index (κ1) is 15.1. The lowest BCUT2D eigenvalue weighted by Crippen LogP contribution is -2.08. The lowest BCUT2D eigenvalue weighted by atomic mass is 10.2. The van der Waals surface area contributed by atoms with E-state index in [1.807, 2.05) is 44.4 Å². The smallest absolute Gasteiger partial charge is 0.124 e. The summed E-state index contributed by atoms with van der Waals surface area (Å²) in [5.41, 5.74) is 8.91. The van der Waals surface area contributed by atoms with Crippen LogP contribution in [0, 0.1) is 0 Å². The topological polar surface area (TPSA) is 41.6 Å². The van der Waals surface area contributed by atoms with Gasteiger partial charge >= 0.3 is 0 Å². The molecule has 0 aliphatic heterocycles. The highest BCUT2D eigenvalue weighted by Crippen LogP contribution is 2.16. The Morgan fingerprint density at radius 1 is 1.05 bits per heavy atom. The molecule has 0 bridgehead atoms. The quantitative estimate of drug-likeness (QED) is 0.682. The van der Waals surface area contributed by atoms with Crippen LogP contribution in [-0.4, -0.2) is 19.9 Å². The van der Waals surface area contributed by atoms with Gasteiger partial charge in [-0.1, -0.05) is 29.8 Å². The number of hydrogen-bond acceptors (Lipinski definition) is 2. The minimum Gasteiger partial charge on any atom is -0.384 e. The molecule has 0 radical (unpaired) electrons. The van der Waals surface area contributed by atoms with E-state index in [1.54, 1.807) is 18.2 Å². The van der Waals surface area contributed by atoms with Gasteiger partial charge in [0.25, 0.3) is 0 Å². The number of rotatable bonds is 4. The summed E-state index contributed by atoms with van der Waals surface area (Å²) in [6.45, 7) is 0. The summed E-state index contributed by atoms with van der Waals surface area (Å²) in [5, 5.41) is 0.684. The molecule has 4 heteroatoms. The fourth-order valence-electron chi connectivity index (χ4n) is 1.77. The summed E-state index contributed by atoms with van der Waals surface area (Å²) in [6.07, 6.45) is 3.73. The normalized spacial score (nSPS) is 11.9. The van der Waals surface area contributed by atoms with Crippen LogP contribution in [0.4, 0.5) is 11.4 Å². The molecule has 0 saturated heterocycles. The van der Waals surface area contributed by atoms with E-state index in [0.717, 1.165) is 16.9 Å². The summed E-state index contributed by atoms with van der Waals surface area (Å²) < 4.78 is 0. The number of nitrogens with zero attached hydrogens (tertiary/aromatic N) is 2. The molecule has 0 atom stereocenters. The second-order valence-corrected chi connectivity index (χ2v) is 5.27. The van der Waals surface area contributed by atoms with E-state index in [1.165, 1.54) is 0 Å². The highest BCUT2D eigenvalue weighted by molar-refractivity contribution is 6.30. The number of halogens is 1. The second kappa shape index (κ2) is 6.95. The highest BCUT2D eigenvalue weighted by Gasteiger charge is 1.94. The van der Waals surface area contributed by atoms with Crippen molar-refractivity contribution in [1.82, 2.24) is 0 Å². The predicted molar refractivity (Wildman–Crippen MR) is 92.5 cm³/mol. The zero-order valence-electron chi connectivity index (χ0n) is 12.1. The fourth-order valence-corrected chi connectivity index (χ4v) is 1.89. The van der Waals surface area contributed by atoms with E-state index in [-0.39, 0.29) is 0 Å². The van der Waals surface area contributed by atoms with Crippen molar-refractivity contribution in [3.63, 3.8) is 0 Å². The molecule has 108 valence electrons. The average molecular weight is 300 g/mol. The Bertz CT molecular complexity index is 641. The minimum atomic E-state index is 0.453. The van der Waals surface area contributed by atoms with Gasteiger partial charge in [0.05, 0.1) is 5.69 Å². The standard InChI is InChI=1S/C17H18ClN3/c1-21(2)16-10-3-13(4-11-16)5-12-17(19)20-15-8-6-14(18)7-9-15/h3-12H,1-2H3,(H2,19,20). The molecule has 0 aliphatic rings. The minimum absolute atomic E-state index is 0.453. The number of amidine groups is 1. The highest BCUT2D eigenvalue weighted by atomic mass is 35.5. The summed E-state index contributed by atoms with van der Waals surface area (Å²) in [7, 11) is 4.03. The van der Waals surface area contributed by atoms with Crippen molar-refractivity contribution in [3.8, 4) is 0 Å². The maximum absolute atomic E-state index is 5.89.